The number of primary amides is 1. The van der Waals surface area contributed by atoms with Crippen LogP contribution in [0.4, 0.5) is 11.4 Å². The molecule has 3 aromatic rings. The molecule has 6 heterocycles. The summed E-state index contributed by atoms with van der Waals surface area (Å²) >= 11 is 0. The Balaban J connectivity index is 1.51. The van der Waals surface area contributed by atoms with Crippen LogP contribution < -0.4 is 16.0 Å². The Morgan fingerprint density at radius 2 is 1.83 bits per heavy atom. The molecule has 4 unspecified atom stereocenters. The number of benzene rings is 1. The van der Waals surface area contributed by atoms with Gasteiger partial charge in [0.15, 0.2) is 17.2 Å². The third-order valence-electron chi connectivity index (χ3n) is 8.12. The van der Waals surface area contributed by atoms with E-state index in [2.05, 4.69) is 10.3 Å². The highest BCUT2D eigenvalue weighted by Crippen LogP contribution is 2.47. The maximum Gasteiger partial charge on any atom is 0.415 e. The van der Waals surface area contributed by atoms with Crippen LogP contribution in [0, 0.1) is 33.6 Å². The fraction of sp³-hybridized carbons (Fsp3) is 0.357. The quantitative estimate of drug-likeness (QED) is 0.280. The van der Waals surface area contributed by atoms with Crippen LogP contribution in [0.15, 0.2) is 30.5 Å². The standard InChI is InChI=1S/C28H27N5O9/c1-12-6-5-7-13(2)17(12)10-30-18-8-16(11-32-15(4)14(3)31-23(18)32)33-24-21(35)28(33)41-25(37)20(22(29)36)27(39,26(38)42-28)9-19(34)40-24/h5-8,11,20,24,30,39H,9-10H2,1-4H3,(H2,29,36). The van der Waals surface area contributed by atoms with Gasteiger partial charge in [-0.1, -0.05) is 18.2 Å². The smallest absolute Gasteiger partial charge is 0.415 e. The number of hydrogen-bond donors (Lipinski definition) is 3. The first-order chi connectivity index (χ1) is 19.8. The first-order valence-corrected chi connectivity index (χ1v) is 13.1. The molecule has 2 aromatic heterocycles. The lowest BCUT2D eigenvalue weighted by atomic mass is 9.84. The highest BCUT2D eigenvalue weighted by molar-refractivity contribution is 6.12. The van der Waals surface area contributed by atoms with E-state index in [1.807, 2.05) is 45.9 Å². The summed E-state index contributed by atoms with van der Waals surface area (Å²) in [5.74, 6) is -12.0. The number of ketones is 1. The normalized spacial score (nSPS) is 26.8. The minimum atomic E-state index is -3.05. The van der Waals surface area contributed by atoms with Crippen molar-refractivity contribution in [2.45, 2.75) is 58.4 Å². The number of aryl methyl sites for hydroxylation is 4. The number of fused-ring (bicyclic) bond motifs is 3. The van der Waals surface area contributed by atoms with Gasteiger partial charge in [0.05, 0.1) is 23.5 Å². The van der Waals surface area contributed by atoms with E-state index in [0.29, 0.717) is 23.6 Å². The van der Waals surface area contributed by atoms with Gasteiger partial charge in [-0.05, 0) is 50.5 Å². The van der Waals surface area contributed by atoms with Gasteiger partial charge in [0.25, 0.3) is 6.23 Å². The molecule has 42 heavy (non-hydrogen) atoms. The van der Waals surface area contributed by atoms with E-state index in [4.69, 9.17) is 19.9 Å². The van der Waals surface area contributed by atoms with Gasteiger partial charge in [-0.25, -0.2) is 14.7 Å². The third-order valence-corrected chi connectivity index (χ3v) is 8.12. The minimum Gasteiger partial charge on any atom is -0.433 e. The van der Waals surface area contributed by atoms with Gasteiger partial charge in [-0.15, -0.1) is 0 Å². The van der Waals surface area contributed by atoms with Crippen LogP contribution in [0.1, 0.15) is 34.5 Å². The molecule has 218 valence electrons. The number of carbonyl (C=O) groups is 5. The van der Waals surface area contributed by atoms with Gasteiger partial charge in [0.1, 0.15) is 0 Å². The minimum absolute atomic E-state index is 0.132. The molecule has 1 spiro atoms. The van der Waals surface area contributed by atoms with Crippen LogP contribution in [0.5, 0.6) is 0 Å². The molecular weight excluding hydrogens is 550 g/mol. The zero-order valence-electron chi connectivity index (χ0n) is 23.1. The number of nitrogens with two attached hydrogens (primary N) is 1. The summed E-state index contributed by atoms with van der Waals surface area (Å²) in [6, 6.07) is 7.52. The molecule has 1 amide bonds. The molecule has 0 saturated carbocycles. The summed E-state index contributed by atoms with van der Waals surface area (Å²) in [5.41, 5.74) is 8.06. The number of hydrogen-bond acceptors (Lipinski definition) is 12. The molecular formula is C28H27N5O9. The van der Waals surface area contributed by atoms with E-state index in [1.165, 1.54) is 0 Å². The number of rotatable bonds is 5. The second-order valence-corrected chi connectivity index (χ2v) is 10.7. The first-order valence-electron chi connectivity index (χ1n) is 13.1. The number of nitrogens with one attached hydrogen (secondary N) is 1. The number of carbonyl (C=O) groups excluding carboxylic acids is 5. The molecule has 4 saturated heterocycles. The van der Waals surface area contributed by atoms with Crippen molar-refractivity contribution in [1.82, 2.24) is 9.38 Å². The van der Waals surface area contributed by atoms with Gasteiger partial charge in [0, 0.05) is 18.4 Å². The number of pyridine rings is 1. The van der Waals surface area contributed by atoms with Crippen LogP contribution >= 0.6 is 0 Å². The fourth-order valence-corrected chi connectivity index (χ4v) is 5.68. The Kier molecular flexibility index (Phi) is 5.84. The molecule has 1 aromatic carbocycles. The fourth-order valence-electron chi connectivity index (χ4n) is 5.68. The Bertz CT molecular complexity index is 1730. The van der Waals surface area contributed by atoms with Crippen LogP contribution in [0.3, 0.4) is 0 Å². The topological polar surface area (TPSA) is 192 Å². The van der Waals surface area contributed by atoms with Crippen molar-refractivity contribution in [3.63, 3.8) is 0 Å². The van der Waals surface area contributed by atoms with Crippen LogP contribution in [0.25, 0.3) is 5.65 Å². The molecule has 14 nitrogen and oxygen atoms in total. The molecule has 4 fully saturated rings. The number of Topliss-reactive ketones (excluding diaryl/α,β-unsaturated/α-hetero) is 1. The third kappa shape index (κ3) is 3.67. The Labute approximate surface area is 238 Å². The maximum absolute atomic E-state index is 13.4. The van der Waals surface area contributed by atoms with E-state index in [9.17, 15) is 29.1 Å². The van der Waals surface area contributed by atoms with Gasteiger partial charge in [-0.3, -0.25) is 19.2 Å². The van der Waals surface area contributed by atoms with Gasteiger partial charge >= 0.3 is 29.6 Å². The number of ether oxygens (including phenoxy) is 3. The number of imidazole rings is 1. The van der Waals surface area contributed by atoms with E-state index in [0.717, 1.165) is 27.3 Å². The summed E-state index contributed by atoms with van der Waals surface area (Å²) in [7, 11) is 0. The molecule has 3 bridgehead atoms. The summed E-state index contributed by atoms with van der Waals surface area (Å²) in [4.78, 5) is 70.4. The zero-order valence-corrected chi connectivity index (χ0v) is 23.1. The second-order valence-electron chi connectivity index (χ2n) is 10.7. The van der Waals surface area contributed by atoms with E-state index >= 15 is 0 Å². The molecule has 4 N–H and O–H groups in total. The molecule has 7 rings (SSSR count). The number of aromatic nitrogens is 2. The average Bonchev–Trinajstić information content (AvgIpc) is 3.17. The zero-order chi connectivity index (χ0) is 30.3. The van der Waals surface area contributed by atoms with E-state index in [1.54, 1.807) is 16.7 Å². The van der Waals surface area contributed by atoms with Gasteiger partial charge in [-0.2, -0.15) is 0 Å². The highest BCUT2D eigenvalue weighted by Gasteiger charge is 2.75. The number of esters is 3. The number of nitrogens with zero attached hydrogens (tertiary/aromatic N) is 3. The Morgan fingerprint density at radius 1 is 1.14 bits per heavy atom. The SMILES string of the molecule is Cc1cccc(C)c1CNc1cc(N2C3OC(=O)CC4(O)C(=O)OC2(OC(=O)C4C(N)=O)C3=O)cn2c(C)c(C)nc12. The largest absolute Gasteiger partial charge is 0.433 e. The van der Waals surface area contributed by atoms with Crippen molar-refractivity contribution in [2.75, 3.05) is 10.2 Å². The summed E-state index contributed by atoms with van der Waals surface area (Å²) in [6.07, 6.45) is -1.31. The van der Waals surface area contributed by atoms with Crippen LogP contribution in [-0.4, -0.2) is 61.8 Å². The lowest BCUT2D eigenvalue weighted by molar-refractivity contribution is -0.251. The van der Waals surface area contributed by atoms with E-state index in [-0.39, 0.29) is 5.69 Å². The number of aliphatic hydroxyl groups is 1. The lowest BCUT2D eigenvalue weighted by Crippen LogP contribution is -2.78. The van der Waals surface area contributed by atoms with E-state index < -0.39 is 59.7 Å². The monoisotopic (exact) mass is 577 g/mol. The lowest BCUT2D eigenvalue weighted by Gasteiger charge is -2.51. The highest BCUT2D eigenvalue weighted by atomic mass is 16.8. The molecule has 0 radical (unpaired) electrons. The predicted octanol–water partition coefficient (Wildman–Crippen LogP) is 0.429. The van der Waals surface area contributed by atoms with Gasteiger partial charge < -0.3 is 34.8 Å². The van der Waals surface area contributed by atoms with Crippen molar-refractivity contribution in [2.24, 2.45) is 11.7 Å². The summed E-state index contributed by atoms with van der Waals surface area (Å²) in [5, 5.41) is 14.4. The predicted molar refractivity (Wildman–Crippen MR) is 142 cm³/mol. The summed E-state index contributed by atoms with van der Waals surface area (Å²) < 4.78 is 17.7. The average molecular weight is 578 g/mol. The van der Waals surface area contributed by atoms with Crippen molar-refractivity contribution in [3.8, 4) is 0 Å². The van der Waals surface area contributed by atoms with Crippen LogP contribution in [0.2, 0.25) is 0 Å². The Morgan fingerprint density at radius 3 is 2.50 bits per heavy atom. The number of amides is 1. The van der Waals surface area contributed by atoms with Crippen LogP contribution in [-0.2, 0) is 44.7 Å². The molecule has 14 heteroatoms. The van der Waals surface area contributed by atoms with Crippen molar-refractivity contribution < 1.29 is 43.3 Å². The molecule has 0 aliphatic carbocycles. The van der Waals surface area contributed by atoms with Crippen molar-refractivity contribution in [3.05, 3.63) is 58.5 Å². The second kappa shape index (κ2) is 9.01. The molecule has 4 aliphatic rings. The maximum atomic E-state index is 13.4. The summed E-state index contributed by atoms with van der Waals surface area (Å²) in [6.45, 7) is 8.03. The van der Waals surface area contributed by atoms with Gasteiger partial charge in [0.2, 0.25) is 5.91 Å². The number of anilines is 2. The van der Waals surface area contributed by atoms with Crippen molar-refractivity contribution in [1.29, 1.82) is 0 Å². The Hall–Kier alpha value is -4.98. The van der Waals surface area contributed by atoms with Crippen molar-refractivity contribution >= 4 is 46.6 Å². The molecule has 4 atom stereocenters. The molecule has 4 aliphatic heterocycles. The first kappa shape index (κ1) is 27.2.